The van der Waals surface area contributed by atoms with Crippen LogP contribution in [0.4, 0.5) is 18.0 Å². The summed E-state index contributed by atoms with van der Waals surface area (Å²) < 4.78 is 42.1. The molecule has 2 aromatic carbocycles. The highest BCUT2D eigenvalue weighted by Crippen LogP contribution is 2.15. The summed E-state index contributed by atoms with van der Waals surface area (Å²) in [5.41, 5.74) is 2.45. The molecule has 222 valence electrons. The number of carbonyl (C=O) groups excluding carboxylic acids is 2. The van der Waals surface area contributed by atoms with E-state index in [0.29, 0.717) is 13.0 Å². The van der Waals surface area contributed by atoms with Crippen LogP contribution in [0.1, 0.15) is 62.6 Å². The molecule has 2 rings (SSSR count). The Bertz CT molecular complexity index is 1050. The molecule has 40 heavy (non-hydrogen) atoms. The fraction of sp³-hybridized carbons (Fsp3) is 0.533. The molecule has 0 bridgehead atoms. The van der Waals surface area contributed by atoms with Gasteiger partial charge in [0.25, 0.3) is 0 Å². The predicted octanol–water partition coefficient (Wildman–Crippen LogP) is 4.31. The monoisotopic (exact) mass is 564 g/mol. The minimum atomic E-state index is -1.14. The van der Waals surface area contributed by atoms with Crippen LogP contribution in [0.2, 0.25) is 0 Å². The third kappa shape index (κ3) is 12.0. The molecule has 0 fully saturated rings. The van der Waals surface area contributed by atoms with Gasteiger partial charge in [-0.1, -0.05) is 51.0 Å². The van der Waals surface area contributed by atoms with E-state index in [-0.39, 0.29) is 31.4 Å². The van der Waals surface area contributed by atoms with Crippen molar-refractivity contribution in [3.8, 4) is 0 Å². The Morgan fingerprint density at radius 2 is 1.62 bits per heavy atom. The summed E-state index contributed by atoms with van der Waals surface area (Å²) in [6, 6.07) is 8.40. The molecule has 4 atom stereocenters. The Hall–Kier alpha value is -3.11. The van der Waals surface area contributed by atoms with Gasteiger partial charge in [-0.2, -0.15) is 0 Å². The lowest BCUT2D eigenvalue weighted by molar-refractivity contribution is -0.124. The van der Waals surface area contributed by atoms with Crippen molar-refractivity contribution in [2.75, 3.05) is 13.6 Å². The van der Waals surface area contributed by atoms with Gasteiger partial charge in [0.1, 0.15) is 23.8 Å². The molecular weight excluding hydrogens is 521 g/mol. The summed E-state index contributed by atoms with van der Waals surface area (Å²) in [5, 5.41) is 21.9. The average Bonchev–Trinajstić information content (AvgIpc) is 2.92. The van der Waals surface area contributed by atoms with Crippen LogP contribution in [0.15, 0.2) is 42.5 Å². The van der Waals surface area contributed by atoms with Gasteiger partial charge >= 0.3 is 6.03 Å². The number of nitrogens with one attached hydrogen (secondary N) is 4. The number of carbonyl (C=O) groups is 2. The zero-order valence-corrected chi connectivity index (χ0v) is 23.6. The second kappa shape index (κ2) is 17.6. The van der Waals surface area contributed by atoms with Crippen molar-refractivity contribution in [3.63, 3.8) is 0 Å². The minimum Gasteiger partial charge on any atom is -0.390 e. The van der Waals surface area contributed by atoms with Crippen LogP contribution in [0.25, 0.3) is 0 Å². The fourth-order valence-electron chi connectivity index (χ4n) is 4.43. The summed E-state index contributed by atoms with van der Waals surface area (Å²) in [6.45, 7) is 4.57. The molecular formula is C30H43F3N4O3. The van der Waals surface area contributed by atoms with Gasteiger partial charge < -0.3 is 26.4 Å². The zero-order chi connectivity index (χ0) is 29.5. The van der Waals surface area contributed by atoms with Crippen molar-refractivity contribution in [2.45, 2.75) is 89.7 Å². The predicted molar refractivity (Wildman–Crippen MR) is 151 cm³/mol. The number of hydrogen-bond donors (Lipinski definition) is 5. The number of hydrogen-bond acceptors (Lipinski definition) is 4. The Labute approximate surface area is 235 Å². The number of halogens is 3. The maximum Gasteiger partial charge on any atom is 0.315 e. The molecule has 7 nitrogen and oxygen atoms in total. The van der Waals surface area contributed by atoms with E-state index < -0.39 is 47.9 Å². The molecule has 0 spiro atoms. The molecule has 10 heteroatoms. The van der Waals surface area contributed by atoms with E-state index in [4.69, 9.17) is 0 Å². The number of amides is 3. The number of urea groups is 1. The van der Waals surface area contributed by atoms with Crippen LogP contribution >= 0.6 is 0 Å². The van der Waals surface area contributed by atoms with Gasteiger partial charge in [0.15, 0.2) is 0 Å². The number of benzene rings is 2. The quantitative estimate of drug-likeness (QED) is 0.198. The van der Waals surface area contributed by atoms with Gasteiger partial charge in [0, 0.05) is 26.2 Å². The highest BCUT2D eigenvalue weighted by molar-refractivity contribution is 5.87. The first kappa shape index (κ1) is 33.1. The fourth-order valence-corrected chi connectivity index (χ4v) is 4.43. The van der Waals surface area contributed by atoms with E-state index in [9.17, 15) is 27.9 Å². The van der Waals surface area contributed by atoms with Crippen molar-refractivity contribution in [3.05, 3.63) is 70.8 Å². The van der Waals surface area contributed by atoms with E-state index in [2.05, 4.69) is 34.3 Å². The van der Waals surface area contributed by atoms with Gasteiger partial charge in [-0.3, -0.25) is 4.79 Å². The minimum absolute atomic E-state index is 0.0492. The standard InChI is InChI=1S/C30H43F3N4O3/c1-4-6-10-23(31)11-12-26(37-30(40)34-3)29(39)36-27(16-22-14-24(32)17-25(33)15-22)28(38)19-35-18-21-9-7-8-20(5-2)13-21/h7-9,13-15,17,23,26-28,35,38H,4-6,10-12,16,18-19H2,1-3H3,(H,36,39)(H2,34,37,40)/t23?,26?,27-,28+/m0/s1. The smallest absolute Gasteiger partial charge is 0.315 e. The molecule has 0 aliphatic rings. The van der Waals surface area contributed by atoms with Crippen LogP contribution in [-0.2, 0) is 24.2 Å². The molecule has 0 saturated carbocycles. The topological polar surface area (TPSA) is 102 Å². The number of rotatable bonds is 17. The largest absolute Gasteiger partial charge is 0.390 e. The van der Waals surface area contributed by atoms with Crippen molar-refractivity contribution in [1.29, 1.82) is 0 Å². The number of unbranched alkanes of at least 4 members (excludes halogenated alkanes) is 1. The van der Waals surface area contributed by atoms with E-state index in [0.717, 1.165) is 43.0 Å². The van der Waals surface area contributed by atoms with Crippen LogP contribution in [0.3, 0.4) is 0 Å². The molecule has 0 aliphatic heterocycles. The van der Waals surface area contributed by atoms with Crippen LogP contribution in [-0.4, -0.2) is 55.0 Å². The van der Waals surface area contributed by atoms with Gasteiger partial charge in [0.05, 0.1) is 12.1 Å². The molecule has 2 unspecified atom stereocenters. The maximum absolute atomic E-state index is 14.3. The second-order valence-electron chi connectivity index (χ2n) is 10.1. The van der Waals surface area contributed by atoms with Crippen molar-refractivity contribution < 1.29 is 27.9 Å². The number of aliphatic hydroxyl groups is 1. The van der Waals surface area contributed by atoms with Crippen LogP contribution < -0.4 is 21.3 Å². The van der Waals surface area contributed by atoms with Gasteiger partial charge in [0.2, 0.25) is 5.91 Å². The number of alkyl halides is 1. The molecule has 3 amide bonds. The summed E-state index contributed by atoms with van der Waals surface area (Å²) in [4.78, 5) is 25.3. The molecule has 0 saturated heterocycles. The Kier molecular flexibility index (Phi) is 14.5. The summed E-state index contributed by atoms with van der Waals surface area (Å²) in [7, 11) is 1.40. The molecule has 5 N–H and O–H groups in total. The Morgan fingerprint density at radius 1 is 0.925 bits per heavy atom. The molecule has 0 aliphatic carbocycles. The first-order valence-electron chi connectivity index (χ1n) is 14.0. The van der Waals surface area contributed by atoms with E-state index in [1.807, 2.05) is 25.1 Å². The normalized spacial score (nSPS) is 14.2. The summed E-state index contributed by atoms with van der Waals surface area (Å²) in [6.07, 6.45) is 0.623. The first-order valence-corrected chi connectivity index (χ1v) is 14.0. The average molecular weight is 565 g/mol. The third-order valence-corrected chi connectivity index (χ3v) is 6.74. The summed E-state index contributed by atoms with van der Waals surface area (Å²) >= 11 is 0. The highest BCUT2D eigenvalue weighted by Gasteiger charge is 2.28. The summed E-state index contributed by atoms with van der Waals surface area (Å²) in [5.74, 6) is -2.17. The second-order valence-corrected chi connectivity index (χ2v) is 10.1. The molecule has 2 aromatic rings. The number of aryl methyl sites for hydroxylation is 1. The van der Waals surface area contributed by atoms with E-state index >= 15 is 0 Å². The zero-order valence-electron chi connectivity index (χ0n) is 23.6. The molecule has 0 heterocycles. The lowest BCUT2D eigenvalue weighted by Gasteiger charge is -2.28. The maximum atomic E-state index is 14.3. The third-order valence-electron chi connectivity index (χ3n) is 6.74. The van der Waals surface area contributed by atoms with Gasteiger partial charge in [-0.15, -0.1) is 0 Å². The molecule has 0 radical (unpaired) electrons. The van der Waals surface area contributed by atoms with Crippen molar-refractivity contribution >= 4 is 11.9 Å². The van der Waals surface area contributed by atoms with Gasteiger partial charge in [-0.05, 0) is 60.9 Å². The Balaban J connectivity index is 2.15. The lowest BCUT2D eigenvalue weighted by atomic mass is 9.99. The van der Waals surface area contributed by atoms with Crippen LogP contribution in [0, 0.1) is 11.6 Å². The van der Waals surface area contributed by atoms with Crippen LogP contribution in [0.5, 0.6) is 0 Å². The first-order chi connectivity index (χ1) is 19.1. The van der Waals surface area contributed by atoms with E-state index in [1.54, 1.807) is 0 Å². The van der Waals surface area contributed by atoms with Gasteiger partial charge in [-0.25, -0.2) is 18.0 Å². The SMILES string of the molecule is CCCCC(F)CCC(NC(=O)NC)C(=O)N[C@@H](Cc1cc(F)cc(F)c1)[C@H](O)CNCc1cccc(CC)c1. The van der Waals surface area contributed by atoms with E-state index in [1.165, 1.54) is 12.6 Å². The van der Waals surface area contributed by atoms with Crippen molar-refractivity contribution in [2.24, 2.45) is 0 Å². The lowest BCUT2D eigenvalue weighted by Crippen LogP contribution is -2.55. The highest BCUT2D eigenvalue weighted by atomic mass is 19.1. The van der Waals surface area contributed by atoms with Crippen molar-refractivity contribution in [1.82, 2.24) is 21.3 Å². The Morgan fingerprint density at radius 3 is 2.27 bits per heavy atom. The number of aliphatic hydroxyl groups excluding tert-OH is 1. The molecule has 0 aromatic heterocycles.